The Kier molecular flexibility index (Phi) is 8.85. The van der Waals surface area contributed by atoms with Crippen LogP contribution in [0.5, 0.6) is 0 Å². The fraction of sp³-hybridized carbons (Fsp3) is 0.571. The lowest BCUT2D eigenvalue weighted by atomic mass is 10.2. The largest absolute Gasteiger partial charge is 0.379 e. The molecule has 1 N–H and O–H groups in total. The molecule has 0 aromatic heterocycles. The summed E-state index contributed by atoms with van der Waals surface area (Å²) in [5.74, 6) is 0. The molecule has 1 aromatic carbocycles. The van der Waals surface area contributed by atoms with Gasteiger partial charge in [0, 0.05) is 19.6 Å². The van der Waals surface area contributed by atoms with Gasteiger partial charge in [0.05, 0.1) is 23.3 Å². The molecule has 0 spiro atoms. The molecule has 1 aliphatic heterocycles. The van der Waals surface area contributed by atoms with Crippen molar-refractivity contribution in [3.05, 3.63) is 33.8 Å². The van der Waals surface area contributed by atoms with E-state index in [1.165, 1.54) is 5.56 Å². The first kappa shape index (κ1) is 18.0. The van der Waals surface area contributed by atoms with Crippen LogP contribution in [-0.4, -0.2) is 44.3 Å². The summed E-state index contributed by atoms with van der Waals surface area (Å²) in [6.07, 6.45) is 1.15. The first-order chi connectivity index (χ1) is 9.25. The smallest absolute Gasteiger partial charge is 0.0595 e. The van der Waals surface area contributed by atoms with E-state index in [9.17, 15) is 0 Å². The van der Waals surface area contributed by atoms with Gasteiger partial charge < -0.3 is 10.1 Å². The van der Waals surface area contributed by atoms with Gasteiger partial charge in [0.25, 0.3) is 0 Å². The average molecular weight is 340 g/mol. The quantitative estimate of drug-likeness (QED) is 0.805. The summed E-state index contributed by atoms with van der Waals surface area (Å²) in [5, 5.41) is 4.66. The molecule has 0 atom stereocenters. The van der Waals surface area contributed by atoms with Crippen molar-refractivity contribution in [3.63, 3.8) is 0 Å². The summed E-state index contributed by atoms with van der Waals surface area (Å²) in [6, 6.07) is 5.76. The molecule has 1 saturated heterocycles. The van der Waals surface area contributed by atoms with Crippen molar-refractivity contribution < 1.29 is 4.74 Å². The number of ether oxygens (including phenoxy) is 1. The van der Waals surface area contributed by atoms with Crippen LogP contribution in [0.1, 0.15) is 12.0 Å². The molecule has 114 valence electrons. The highest BCUT2D eigenvalue weighted by atomic mass is 35.5. The lowest BCUT2D eigenvalue weighted by Gasteiger charge is -2.26. The van der Waals surface area contributed by atoms with E-state index < -0.39 is 0 Å². The van der Waals surface area contributed by atoms with Crippen molar-refractivity contribution in [1.29, 1.82) is 0 Å². The molecule has 1 fully saturated rings. The van der Waals surface area contributed by atoms with Crippen LogP contribution in [0, 0.1) is 0 Å². The lowest BCUT2D eigenvalue weighted by Crippen LogP contribution is -2.37. The minimum atomic E-state index is 0. The van der Waals surface area contributed by atoms with Crippen LogP contribution in [0.2, 0.25) is 10.0 Å². The second kappa shape index (κ2) is 9.82. The first-order valence-corrected chi connectivity index (χ1v) is 7.46. The van der Waals surface area contributed by atoms with E-state index in [4.69, 9.17) is 27.9 Å². The van der Waals surface area contributed by atoms with Gasteiger partial charge in [0.2, 0.25) is 0 Å². The number of nitrogens with one attached hydrogen (secondary N) is 1. The summed E-state index contributed by atoms with van der Waals surface area (Å²) in [7, 11) is 0. The van der Waals surface area contributed by atoms with Gasteiger partial charge >= 0.3 is 0 Å². The third-order valence-electron chi connectivity index (χ3n) is 3.24. The maximum atomic E-state index is 5.98. The monoisotopic (exact) mass is 338 g/mol. The number of nitrogens with zero attached hydrogens (tertiary/aromatic N) is 1. The molecule has 0 radical (unpaired) electrons. The molecule has 20 heavy (non-hydrogen) atoms. The molecule has 3 nitrogen and oxygen atoms in total. The number of hydrogen-bond donors (Lipinski definition) is 1. The Labute approximate surface area is 137 Å². The van der Waals surface area contributed by atoms with Crippen LogP contribution < -0.4 is 5.32 Å². The second-order valence-electron chi connectivity index (χ2n) is 4.73. The maximum absolute atomic E-state index is 5.98. The van der Waals surface area contributed by atoms with Gasteiger partial charge in [-0.25, -0.2) is 0 Å². The van der Waals surface area contributed by atoms with E-state index in [2.05, 4.69) is 10.2 Å². The van der Waals surface area contributed by atoms with Crippen molar-refractivity contribution in [2.24, 2.45) is 0 Å². The van der Waals surface area contributed by atoms with E-state index in [0.717, 1.165) is 52.4 Å². The number of halogens is 3. The Hall–Kier alpha value is -0.0300. The van der Waals surface area contributed by atoms with Gasteiger partial charge in [-0.05, 0) is 37.2 Å². The lowest BCUT2D eigenvalue weighted by molar-refractivity contribution is 0.0374. The topological polar surface area (TPSA) is 24.5 Å². The molecule has 0 unspecified atom stereocenters. The zero-order valence-corrected chi connectivity index (χ0v) is 13.7. The van der Waals surface area contributed by atoms with Gasteiger partial charge in [-0.3, -0.25) is 4.90 Å². The van der Waals surface area contributed by atoms with Gasteiger partial charge in [-0.1, -0.05) is 29.3 Å². The Bertz CT molecular complexity index is 398. The summed E-state index contributed by atoms with van der Waals surface area (Å²) in [5.41, 5.74) is 1.17. The van der Waals surface area contributed by atoms with Crippen LogP contribution in [0.15, 0.2) is 18.2 Å². The predicted octanol–water partition coefficient (Wildman–Crippen LogP) is 3.23. The highest BCUT2D eigenvalue weighted by molar-refractivity contribution is 6.42. The van der Waals surface area contributed by atoms with Crippen LogP contribution in [-0.2, 0) is 11.3 Å². The summed E-state index contributed by atoms with van der Waals surface area (Å²) in [4.78, 5) is 2.45. The summed E-state index contributed by atoms with van der Waals surface area (Å²) in [6.45, 7) is 6.85. The molecular formula is C14H21Cl3N2O. The maximum Gasteiger partial charge on any atom is 0.0595 e. The molecule has 0 amide bonds. The van der Waals surface area contributed by atoms with E-state index >= 15 is 0 Å². The number of benzene rings is 1. The van der Waals surface area contributed by atoms with E-state index in [0.29, 0.717) is 10.0 Å². The zero-order valence-electron chi connectivity index (χ0n) is 11.4. The van der Waals surface area contributed by atoms with Crippen molar-refractivity contribution in [2.75, 3.05) is 39.4 Å². The fourth-order valence-electron chi connectivity index (χ4n) is 2.13. The van der Waals surface area contributed by atoms with E-state index in [1.54, 1.807) is 0 Å². The van der Waals surface area contributed by atoms with Crippen LogP contribution in [0.3, 0.4) is 0 Å². The van der Waals surface area contributed by atoms with Crippen molar-refractivity contribution in [3.8, 4) is 0 Å². The summed E-state index contributed by atoms with van der Waals surface area (Å²) >= 11 is 11.9. The molecule has 1 heterocycles. The molecule has 1 aromatic rings. The highest BCUT2D eigenvalue weighted by Gasteiger charge is 2.08. The number of hydrogen-bond acceptors (Lipinski definition) is 3. The van der Waals surface area contributed by atoms with Gasteiger partial charge in [0.1, 0.15) is 0 Å². The van der Waals surface area contributed by atoms with E-state index in [-0.39, 0.29) is 12.4 Å². The molecule has 0 saturated carbocycles. The standard InChI is InChI=1S/C14H20Cl2N2O.ClH/c15-13-3-2-12(10-14(13)16)11-17-4-1-5-18-6-8-19-9-7-18;/h2-3,10,17H,1,4-9,11H2;1H. The molecule has 0 bridgehead atoms. The zero-order chi connectivity index (χ0) is 13.5. The van der Waals surface area contributed by atoms with Crippen molar-refractivity contribution in [2.45, 2.75) is 13.0 Å². The Morgan fingerprint density at radius 2 is 1.90 bits per heavy atom. The fourth-order valence-corrected chi connectivity index (χ4v) is 2.46. The Morgan fingerprint density at radius 1 is 1.15 bits per heavy atom. The first-order valence-electron chi connectivity index (χ1n) is 6.70. The van der Waals surface area contributed by atoms with Crippen LogP contribution in [0.25, 0.3) is 0 Å². The van der Waals surface area contributed by atoms with E-state index in [1.807, 2.05) is 18.2 Å². The minimum Gasteiger partial charge on any atom is -0.379 e. The second-order valence-corrected chi connectivity index (χ2v) is 5.55. The van der Waals surface area contributed by atoms with Gasteiger partial charge in [-0.15, -0.1) is 12.4 Å². The normalized spacial score (nSPS) is 15.9. The molecule has 0 aliphatic carbocycles. The number of rotatable bonds is 6. The Balaban J connectivity index is 0.00000200. The van der Waals surface area contributed by atoms with Crippen molar-refractivity contribution >= 4 is 35.6 Å². The molecule has 2 rings (SSSR count). The van der Waals surface area contributed by atoms with Crippen LogP contribution >= 0.6 is 35.6 Å². The third kappa shape index (κ3) is 6.17. The third-order valence-corrected chi connectivity index (χ3v) is 3.98. The molecular weight excluding hydrogens is 319 g/mol. The van der Waals surface area contributed by atoms with Crippen LogP contribution in [0.4, 0.5) is 0 Å². The minimum absolute atomic E-state index is 0. The SMILES string of the molecule is Cl.Clc1ccc(CNCCCN2CCOCC2)cc1Cl. The predicted molar refractivity (Wildman–Crippen MR) is 87.3 cm³/mol. The number of morpholine rings is 1. The summed E-state index contributed by atoms with van der Waals surface area (Å²) < 4.78 is 5.33. The molecule has 1 aliphatic rings. The highest BCUT2D eigenvalue weighted by Crippen LogP contribution is 2.22. The Morgan fingerprint density at radius 3 is 2.60 bits per heavy atom. The molecule has 6 heteroatoms. The van der Waals surface area contributed by atoms with Gasteiger partial charge in [0.15, 0.2) is 0 Å². The van der Waals surface area contributed by atoms with Gasteiger partial charge in [-0.2, -0.15) is 0 Å². The average Bonchev–Trinajstić information content (AvgIpc) is 2.43. The van der Waals surface area contributed by atoms with Crippen molar-refractivity contribution in [1.82, 2.24) is 10.2 Å².